The van der Waals surface area contributed by atoms with Gasteiger partial charge in [0.05, 0.1) is 6.54 Å². The van der Waals surface area contributed by atoms with Gasteiger partial charge in [-0.15, -0.1) is 0 Å². The number of nitrogens with one attached hydrogen (secondary N) is 1. The first-order valence-corrected chi connectivity index (χ1v) is 11.1. The molecule has 2 nitrogen and oxygen atoms in total. The molecule has 2 heterocycles. The molecule has 1 atom stereocenters. The number of alkyl halides is 2. The average Bonchev–Trinajstić information content (AvgIpc) is 2.46. The maximum absolute atomic E-state index is 13.3. The van der Waals surface area contributed by atoms with E-state index in [0.29, 0.717) is 17.5 Å². The lowest BCUT2D eigenvalue weighted by molar-refractivity contribution is -0.119. The van der Waals surface area contributed by atoms with Gasteiger partial charge in [-0.2, -0.15) is 0 Å². The Kier molecular flexibility index (Phi) is 13.3. The van der Waals surface area contributed by atoms with Crippen LogP contribution in [0.1, 0.15) is 95.4 Å². The maximum Gasteiger partial charge on any atom is 0.263 e. The van der Waals surface area contributed by atoms with Crippen LogP contribution in [-0.2, 0) is 0 Å². The molecule has 27 heavy (non-hydrogen) atoms. The van der Waals surface area contributed by atoms with Crippen molar-refractivity contribution in [3.05, 3.63) is 0 Å². The third kappa shape index (κ3) is 11.4. The molecule has 0 radical (unpaired) electrons. The maximum atomic E-state index is 13.3. The molecule has 0 aliphatic carbocycles. The number of piperidine rings is 2. The normalized spacial score (nSPS) is 26.6. The summed E-state index contributed by atoms with van der Waals surface area (Å²) in [6.45, 7) is 24.0. The highest BCUT2D eigenvalue weighted by Crippen LogP contribution is 2.37. The lowest BCUT2D eigenvalue weighted by Crippen LogP contribution is -2.57. The summed E-state index contributed by atoms with van der Waals surface area (Å²) in [6, 6.07) is 0. The Morgan fingerprint density at radius 2 is 1.33 bits per heavy atom. The van der Waals surface area contributed by atoms with Crippen LogP contribution < -0.4 is 5.32 Å². The molecule has 2 rings (SSSR count). The molecule has 1 N–H and O–H groups in total. The Labute approximate surface area is 169 Å². The molecule has 2 fully saturated rings. The molecule has 0 saturated carbocycles. The minimum absolute atomic E-state index is 0.0736. The second-order valence-corrected chi connectivity index (χ2v) is 9.54. The van der Waals surface area contributed by atoms with Crippen LogP contribution in [0.3, 0.4) is 0 Å². The monoisotopic (exact) mass is 392 g/mol. The summed E-state index contributed by atoms with van der Waals surface area (Å²) in [6.07, 6.45) is 3.23. The van der Waals surface area contributed by atoms with Crippen LogP contribution in [0.5, 0.6) is 0 Å². The second-order valence-electron chi connectivity index (χ2n) is 9.54. The SMILES string of the molecule is CC.CC.CC(C)C1CCN(C)CC1(F)F.CC1CC(C)(C)NC(C)(C)C1. The van der Waals surface area contributed by atoms with Gasteiger partial charge >= 0.3 is 0 Å². The quantitative estimate of drug-likeness (QED) is 0.525. The number of hydrogen-bond acceptors (Lipinski definition) is 2. The number of halogens is 2. The average molecular weight is 393 g/mol. The first-order valence-electron chi connectivity index (χ1n) is 11.1. The van der Waals surface area contributed by atoms with Crippen molar-refractivity contribution in [2.24, 2.45) is 17.8 Å². The highest BCUT2D eigenvalue weighted by molar-refractivity contribution is 4.95. The molecule has 2 aliphatic heterocycles. The standard InChI is InChI=1S/C10H21N.C9H17F2N.2C2H6/c1-8-6-9(2,3)11-10(4,5)7-8;1-7(2)8-4-5-12(3)6-9(8,10)11;2*1-2/h8,11H,6-7H2,1-5H3;7-8H,4-6H2,1-3H3;2*1-2H3. The fourth-order valence-electron chi connectivity index (χ4n) is 4.78. The van der Waals surface area contributed by atoms with Crippen LogP contribution in [0.4, 0.5) is 8.78 Å². The highest BCUT2D eigenvalue weighted by atomic mass is 19.3. The van der Waals surface area contributed by atoms with Gasteiger partial charge in [0.2, 0.25) is 0 Å². The Balaban J connectivity index is 0. The van der Waals surface area contributed by atoms with Crippen molar-refractivity contribution in [3.8, 4) is 0 Å². The minimum atomic E-state index is -2.48. The van der Waals surface area contributed by atoms with E-state index in [1.807, 2.05) is 41.5 Å². The van der Waals surface area contributed by atoms with E-state index in [-0.39, 0.29) is 12.5 Å². The molecule has 0 amide bonds. The number of nitrogens with zero attached hydrogens (tertiary/aromatic N) is 1. The topological polar surface area (TPSA) is 15.3 Å². The zero-order chi connectivity index (χ0) is 22.1. The van der Waals surface area contributed by atoms with Gasteiger partial charge in [0.15, 0.2) is 0 Å². The number of likely N-dealkylation sites (tertiary alicyclic amines) is 1. The molecular weight excluding hydrogens is 342 g/mol. The molecular formula is C23H50F2N2. The lowest BCUT2D eigenvalue weighted by atomic mass is 9.77. The summed E-state index contributed by atoms with van der Waals surface area (Å²) in [5.41, 5.74) is 0.669. The van der Waals surface area contributed by atoms with E-state index in [1.165, 1.54) is 12.8 Å². The van der Waals surface area contributed by atoms with Gasteiger partial charge in [-0.3, -0.25) is 0 Å². The van der Waals surface area contributed by atoms with Crippen molar-refractivity contribution >= 4 is 0 Å². The fourth-order valence-corrected chi connectivity index (χ4v) is 4.78. The van der Waals surface area contributed by atoms with Gasteiger partial charge in [0, 0.05) is 17.0 Å². The smallest absolute Gasteiger partial charge is 0.263 e. The summed E-state index contributed by atoms with van der Waals surface area (Å²) in [5.74, 6) is -1.95. The highest BCUT2D eigenvalue weighted by Gasteiger charge is 2.44. The van der Waals surface area contributed by atoms with E-state index in [0.717, 1.165) is 12.5 Å². The van der Waals surface area contributed by atoms with Crippen LogP contribution >= 0.6 is 0 Å². The summed E-state index contributed by atoms with van der Waals surface area (Å²) < 4.78 is 26.7. The lowest BCUT2D eigenvalue weighted by Gasteiger charge is -2.45. The molecule has 0 bridgehead atoms. The molecule has 4 heteroatoms. The van der Waals surface area contributed by atoms with Gasteiger partial charge in [-0.1, -0.05) is 48.5 Å². The van der Waals surface area contributed by atoms with Crippen LogP contribution in [0.15, 0.2) is 0 Å². The van der Waals surface area contributed by atoms with E-state index >= 15 is 0 Å². The predicted molar refractivity (Wildman–Crippen MR) is 118 cm³/mol. The zero-order valence-corrected chi connectivity index (χ0v) is 20.5. The zero-order valence-electron chi connectivity index (χ0n) is 20.5. The van der Waals surface area contributed by atoms with Gasteiger partial charge < -0.3 is 10.2 Å². The second kappa shape index (κ2) is 12.4. The summed E-state index contributed by atoms with van der Waals surface area (Å²) >= 11 is 0. The van der Waals surface area contributed by atoms with Crippen molar-refractivity contribution in [2.45, 2.75) is 112 Å². The third-order valence-corrected chi connectivity index (χ3v) is 5.04. The van der Waals surface area contributed by atoms with Gasteiger partial charge in [-0.05, 0) is 72.4 Å². The van der Waals surface area contributed by atoms with E-state index < -0.39 is 11.8 Å². The molecule has 0 aromatic heterocycles. The van der Waals surface area contributed by atoms with Crippen molar-refractivity contribution in [1.82, 2.24) is 10.2 Å². The Bertz CT molecular complexity index is 363. The van der Waals surface area contributed by atoms with Crippen molar-refractivity contribution in [2.75, 3.05) is 20.1 Å². The van der Waals surface area contributed by atoms with E-state index in [9.17, 15) is 8.78 Å². The predicted octanol–water partition coefficient (Wildman–Crippen LogP) is 6.84. The minimum Gasteiger partial charge on any atom is -0.307 e. The molecule has 1 unspecified atom stereocenters. The van der Waals surface area contributed by atoms with Gasteiger partial charge in [0.25, 0.3) is 5.92 Å². The largest absolute Gasteiger partial charge is 0.307 e. The molecule has 2 saturated heterocycles. The van der Waals surface area contributed by atoms with Gasteiger partial charge in [-0.25, -0.2) is 8.78 Å². The summed E-state index contributed by atoms with van der Waals surface area (Å²) in [7, 11) is 1.75. The van der Waals surface area contributed by atoms with Gasteiger partial charge in [0.1, 0.15) is 0 Å². The van der Waals surface area contributed by atoms with Crippen LogP contribution in [0.2, 0.25) is 0 Å². The Morgan fingerprint density at radius 1 is 0.926 bits per heavy atom. The Morgan fingerprint density at radius 3 is 1.63 bits per heavy atom. The first kappa shape index (κ1) is 29.0. The Hall–Kier alpha value is -0.220. The van der Waals surface area contributed by atoms with Crippen LogP contribution in [0, 0.1) is 17.8 Å². The summed E-state index contributed by atoms with van der Waals surface area (Å²) in [4.78, 5) is 1.71. The van der Waals surface area contributed by atoms with E-state index in [4.69, 9.17) is 0 Å². The number of rotatable bonds is 1. The number of hydrogen-bond donors (Lipinski definition) is 1. The molecule has 0 aromatic carbocycles. The molecule has 0 aromatic rings. The van der Waals surface area contributed by atoms with E-state index in [2.05, 4.69) is 39.9 Å². The molecule has 0 spiro atoms. The molecule has 2 aliphatic rings. The summed E-state index contributed by atoms with van der Waals surface area (Å²) in [5, 5.41) is 3.66. The van der Waals surface area contributed by atoms with Crippen molar-refractivity contribution in [3.63, 3.8) is 0 Å². The fraction of sp³-hybridized carbons (Fsp3) is 1.00. The van der Waals surface area contributed by atoms with Crippen molar-refractivity contribution in [1.29, 1.82) is 0 Å². The van der Waals surface area contributed by atoms with E-state index in [1.54, 1.807) is 11.9 Å². The first-order chi connectivity index (χ1) is 12.2. The van der Waals surface area contributed by atoms with Crippen LogP contribution in [-0.4, -0.2) is 42.0 Å². The van der Waals surface area contributed by atoms with Crippen molar-refractivity contribution < 1.29 is 8.78 Å². The third-order valence-electron chi connectivity index (χ3n) is 5.04. The van der Waals surface area contributed by atoms with Crippen LogP contribution in [0.25, 0.3) is 0 Å². The molecule has 166 valence electrons.